The molecule has 94 valence electrons. The Morgan fingerprint density at radius 3 is 2.71 bits per heavy atom. The van der Waals surface area contributed by atoms with Crippen LogP contribution in [0.5, 0.6) is 5.75 Å². The van der Waals surface area contributed by atoms with Gasteiger partial charge in [0.15, 0.2) is 0 Å². The first-order valence-electron chi connectivity index (χ1n) is 4.86. The first kappa shape index (κ1) is 14.0. The molecule has 6 heteroatoms. The molecule has 0 unspecified atom stereocenters. The van der Waals surface area contributed by atoms with Crippen molar-refractivity contribution >= 4 is 21.6 Å². The first-order chi connectivity index (χ1) is 7.84. The van der Waals surface area contributed by atoms with Gasteiger partial charge in [-0.25, -0.2) is 13.6 Å². The molecule has 0 fully saturated rings. The van der Waals surface area contributed by atoms with E-state index in [1.54, 1.807) is 26.0 Å². The van der Waals surface area contributed by atoms with Crippen LogP contribution in [0.2, 0.25) is 0 Å². The van der Waals surface area contributed by atoms with E-state index in [1.807, 2.05) is 0 Å². The number of aryl methyl sites for hydroxylation is 1. The van der Waals surface area contributed by atoms with Gasteiger partial charge in [-0.1, -0.05) is 17.7 Å². The zero-order chi connectivity index (χ0) is 13.1. The van der Waals surface area contributed by atoms with Gasteiger partial charge in [-0.3, -0.25) is 0 Å². The highest BCUT2D eigenvalue weighted by molar-refractivity contribution is 7.89. The Balaban J connectivity index is 3.08. The third kappa shape index (κ3) is 4.03. The molecule has 0 bridgehead atoms. The number of sulfonamides is 1. The number of halogens is 1. The molecule has 0 aliphatic carbocycles. The fourth-order valence-corrected chi connectivity index (χ4v) is 2.00. The summed E-state index contributed by atoms with van der Waals surface area (Å²) in [6.07, 6.45) is 0. The van der Waals surface area contributed by atoms with Crippen LogP contribution >= 0.6 is 11.6 Å². The van der Waals surface area contributed by atoms with Crippen molar-refractivity contribution in [3.8, 4) is 5.75 Å². The largest absolute Gasteiger partial charge is 0.488 e. The summed E-state index contributed by atoms with van der Waals surface area (Å²) < 4.78 is 28.1. The molecule has 0 atom stereocenters. The fourth-order valence-electron chi connectivity index (χ4n) is 1.18. The highest BCUT2D eigenvalue weighted by Gasteiger charge is 2.15. The molecule has 0 saturated heterocycles. The van der Waals surface area contributed by atoms with Gasteiger partial charge in [0.1, 0.15) is 17.3 Å². The van der Waals surface area contributed by atoms with E-state index in [0.717, 1.165) is 11.1 Å². The molecule has 1 aromatic carbocycles. The summed E-state index contributed by atoms with van der Waals surface area (Å²) in [6, 6.07) is 4.81. The standard InChI is InChI=1S/C11H14ClNO3S/c1-8-3-4-10(16-7-9(2)6-12)11(5-8)17(13,14)15/h3-6H,7H2,1-2H3,(H2,13,14,15)/b9-6-. The van der Waals surface area contributed by atoms with Gasteiger partial charge in [-0.15, -0.1) is 0 Å². The summed E-state index contributed by atoms with van der Waals surface area (Å²) in [5.74, 6) is 0.232. The van der Waals surface area contributed by atoms with E-state index in [2.05, 4.69) is 0 Å². The number of benzene rings is 1. The van der Waals surface area contributed by atoms with Crippen LogP contribution in [0.4, 0.5) is 0 Å². The lowest BCUT2D eigenvalue weighted by atomic mass is 10.2. The molecule has 4 nitrogen and oxygen atoms in total. The molecular weight excluding hydrogens is 262 g/mol. The minimum Gasteiger partial charge on any atom is -0.488 e. The van der Waals surface area contributed by atoms with Gasteiger partial charge in [0.05, 0.1) is 0 Å². The lowest BCUT2D eigenvalue weighted by Crippen LogP contribution is -2.14. The molecule has 17 heavy (non-hydrogen) atoms. The second kappa shape index (κ2) is 5.53. The summed E-state index contributed by atoms with van der Waals surface area (Å²) in [7, 11) is -3.79. The monoisotopic (exact) mass is 275 g/mol. The molecule has 2 N–H and O–H groups in total. The zero-order valence-corrected chi connectivity index (χ0v) is 11.2. The van der Waals surface area contributed by atoms with Gasteiger partial charge < -0.3 is 4.74 Å². The van der Waals surface area contributed by atoms with Crippen LogP contribution in [-0.4, -0.2) is 15.0 Å². The van der Waals surface area contributed by atoms with E-state index in [0.29, 0.717) is 0 Å². The minimum absolute atomic E-state index is 0.0140. The van der Waals surface area contributed by atoms with E-state index >= 15 is 0 Å². The maximum atomic E-state index is 11.4. The molecule has 0 aromatic heterocycles. The highest BCUT2D eigenvalue weighted by atomic mass is 35.5. The predicted molar refractivity (Wildman–Crippen MR) is 67.7 cm³/mol. The van der Waals surface area contributed by atoms with Crippen molar-refractivity contribution in [1.82, 2.24) is 0 Å². The summed E-state index contributed by atoms with van der Waals surface area (Å²) in [6.45, 7) is 3.77. The average molecular weight is 276 g/mol. The van der Waals surface area contributed by atoms with E-state index in [4.69, 9.17) is 21.5 Å². The Kier molecular flexibility index (Phi) is 4.56. The normalized spacial score (nSPS) is 12.6. The summed E-state index contributed by atoms with van der Waals surface area (Å²) in [5, 5.41) is 5.12. The first-order valence-corrected chi connectivity index (χ1v) is 6.85. The SMILES string of the molecule is C/C(=C/Cl)COc1ccc(C)cc1S(N)(=O)=O. The van der Waals surface area contributed by atoms with Crippen molar-refractivity contribution in [3.05, 3.63) is 34.9 Å². The minimum atomic E-state index is -3.79. The van der Waals surface area contributed by atoms with Crippen molar-refractivity contribution in [2.75, 3.05) is 6.61 Å². The van der Waals surface area contributed by atoms with E-state index in [-0.39, 0.29) is 17.3 Å². The number of hydrogen-bond donors (Lipinski definition) is 1. The molecule has 1 rings (SSSR count). The third-order valence-corrected chi connectivity index (χ3v) is 3.35. The van der Waals surface area contributed by atoms with Crippen molar-refractivity contribution in [1.29, 1.82) is 0 Å². The number of primary sulfonamides is 1. The Hall–Kier alpha value is -1.04. The second-order valence-corrected chi connectivity index (χ2v) is 5.49. The van der Waals surface area contributed by atoms with E-state index in [9.17, 15) is 8.42 Å². The smallest absolute Gasteiger partial charge is 0.241 e. The molecule has 0 spiro atoms. The van der Waals surface area contributed by atoms with Gasteiger partial charge >= 0.3 is 0 Å². The molecule has 0 heterocycles. The third-order valence-electron chi connectivity index (χ3n) is 2.05. The predicted octanol–water partition coefficient (Wildman–Crippen LogP) is 2.16. The van der Waals surface area contributed by atoms with Crippen molar-refractivity contribution in [2.24, 2.45) is 5.14 Å². The maximum Gasteiger partial charge on any atom is 0.241 e. The average Bonchev–Trinajstić information content (AvgIpc) is 2.25. The van der Waals surface area contributed by atoms with Crippen molar-refractivity contribution in [3.63, 3.8) is 0 Å². The molecule has 0 saturated carbocycles. The molecule has 0 radical (unpaired) electrons. The quantitative estimate of drug-likeness (QED) is 0.915. The van der Waals surface area contributed by atoms with Crippen LogP contribution in [0.1, 0.15) is 12.5 Å². The Bertz CT molecular complexity index is 538. The Morgan fingerprint density at radius 1 is 1.53 bits per heavy atom. The molecule has 0 aliphatic heterocycles. The van der Waals surface area contributed by atoms with E-state index in [1.165, 1.54) is 11.6 Å². The van der Waals surface area contributed by atoms with Crippen LogP contribution in [0.3, 0.4) is 0 Å². The molecular formula is C11H14ClNO3S. The number of hydrogen-bond acceptors (Lipinski definition) is 3. The number of rotatable bonds is 4. The van der Waals surface area contributed by atoms with Crippen LogP contribution < -0.4 is 9.88 Å². The summed E-state index contributed by atoms with van der Waals surface area (Å²) >= 11 is 5.49. The van der Waals surface area contributed by atoms with Crippen LogP contribution in [0.15, 0.2) is 34.2 Å². The van der Waals surface area contributed by atoms with Gasteiger partial charge in [-0.05, 0) is 37.1 Å². The van der Waals surface area contributed by atoms with Crippen LogP contribution in [0.25, 0.3) is 0 Å². The van der Waals surface area contributed by atoms with Crippen LogP contribution in [0, 0.1) is 6.92 Å². The van der Waals surface area contributed by atoms with Crippen molar-refractivity contribution < 1.29 is 13.2 Å². The highest BCUT2D eigenvalue weighted by Crippen LogP contribution is 2.24. The molecule has 1 aromatic rings. The van der Waals surface area contributed by atoms with Crippen molar-refractivity contribution in [2.45, 2.75) is 18.7 Å². The number of ether oxygens (including phenoxy) is 1. The summed E-state index contributed by atoms with van der Waals surface area (Å²) in [4.78, 5) is -0.0140. The maximum absolute atomic E-state index is 11.4. The van der Waals surface area contributed by atoms with Crippen LogP contribution in [-0.2, 0) is 10.0 Å². The Morgan fingerprint density at radius 2 is 2.18 bits per heavy atom. The van der Waals surface area contributed by atoms with Gasteiger partial charge in [0.25, 0.3) is 0 Å². The van der Waals surface area contributed by atoms with Gasteiger partial charge in [-0.2, -0.15) is 0 Å². The van der Waals surface area contributed by atoms with E-state index < -0.39 is 10.0 Å². The molecule has 0 aliphatic rings. The number of nitrogens with two attached hydrogens (primary N) is 1. The molecule has 0 amide bonds. The fraction of sp³-hybridized carbons (Fsp3) is 0.273. The zero-order valence-electron chi connectivity index (χ0n) is 9.60. The lowest BCUT2D eigenvalue weighted by Gasteiger charge is -2.10. The Labute approximate surface area is 106 Å². The van der Waals surface area contributed by atoms with Gasteiger partial charge in [0, 0.05) is 5.54 Å². The topological polar surface area (TPSA) is 69.4 Å². The second-order valence-electron chi connectivity index (χ2n) is 3.74. The van der Waals surface area contributed by atoms with Gasteiger partial charge in [0.2, 0.25) is 10.0 Å². The lowest BCUT2D eigenvalue weighted by molar-refractivity contribution is 0.343. The summed E-state index contributed by atoms with van der Waals surface area (Å²) in [5.41, 5.74) is 2.96.